The molecule has 0 amide bonds. The lowest BCUT2D eigenvalue weighted by Gasteiger charge is -2.24. The number of rotatable bonds is 3. The van der Waals surface area contributed by atoms with Crippen LogP contribution in [0.1, 0.15) is 20.3 Å². The van der Waals surface area contributed by atoms with Gasteiger partial charge in [-0.25, -0.2) is 0 Å². The second kappa shape index (κ2) is 3.88. The van der Waals surface area contributed by atoms with Gasteiger partial charge in [-0.1, -0.05) is 12.2 Å². The van der Waals surface area contributed by atoms with E-state index in [1.165, 1.54) is 17.8 Å². The summed E-state index contributed by atoms with van der Waals surface area (Å²) in [5.41, 5.74) is 8.41. The fraction of sp³-hybridized carbons (Fsp3) is 0.615. The standard InChI is InChI=1S/C13H20N4/c1-8-11(5-6-15-9(2)14)12-4-3-10-7-17(10)13(12)16-8/h3-4,10,12-13,16H,5-7H2,1-2H3,(H2,14,15). The van der Waals surface area contributed by atoms with Crippen LogP contribution in [0, 0.1) is 5.92 Å². The number of hydrogen-bond donors (Lipinski definition) is 2. The van der Waals surface area contributed by atoms with Crippen molar-refractivity contribution in [3.63, 3.8) is 0 Å². The van der Waals surface area contributed by atoms with E-state index >= 15 is 0 Å². The van der Waals surface area contributed by atoms with Crippen molar-refractivity contribution < 1.29 is 0 Å². The van der Waals surface area contributed by atoms with Crippen LogP contribution < -0.4 is 11.1 Å². The van der Waals surface area contributed by atoms with Crippen LogP contribution in [0.5, 0.6) is 0 Å². The highest BCUT2D eigenvalue weighted by Crippen LogP contribution is 2.40. The van der Waals surface area contributed by atoms with Gasteiger partial charge in [0.25, 0.3) is 0 Å². The summed E-state index contributed by atoms with van der Waals surface area (Å²) in [6.07, 6.45) is 6.23. The van der Waals surface area contributed by atoms with E-state index in [9.17, 15) is 0 Å². The van der Waals surface area contributed by atoms with Crippen molar-refractivity contribution in [3.8, 4) is 0 Å². The molecule has 1 fully saturated rings. The van der Waals surface area contributed by atoms with Crippen LogP contribution in [0.2, 0.25) is 0 Å². The first-order valence-corrected chi connectivity index (χ1v) is 6.33. The summed E-state index contributed by atoms with van der Waals surface area (Å²) in [5.74, 6) is 1.22. The van der Waals surface area contributed by atoms with Crippen molar-refractivity contribution >= 4 is 5.84 Å². The van der Waals surface area contributed by atoms with Crippen molar-refractivity contribution in [2.75, 3.05) is 13.1 Å². The van der Waals surface area contributed by atoms with Crippen LogP contribution in [-0.2, 0) is 0 Å². The predicted octanol–water partition coefficient (Wildman–Crippen LogP) is 0.827. The molecule has 0 aromatic rings. The lowest BCUT2D eigenvalue weighted by molar-refractivity contribution is 0.305. The molecule has 4 nitrogen and oxygen atoms in total. The first kappa shape index (κ1) is 10.8. The Morgan fingerprint density at radius 3 is 3.18 bits per heavy atom. The maximum absolute atomic E-state index is 5.57. The Hall–Kier alpha value is -1.29. The minimum absolute atomic E-state index is 0.503. The van der Waals surface area contributed by atoms with Crippen molar-refractivity contribution in [1.82, 2.24) is 10.2 Å². The fourth-order valence-electron chi connectivity index (χ4n) is 2.97. The Bertz CT molecular complexity index is 417. The zero-order valence-corrected chi connectivity index (χ0v) is 10.5. The van der Waals surface area contributed by atoms with Gasteiger partial charge < -0.3 is 11.1 Å². The number of fused-ring (bicyclic) bond motifs is 3. The van der Waals surface area contributed by atoms with Gasteiger partial charge in [0, 0.05) is 30.7 Å². The molecule has 1 saturated heterocycles. The molecular formula is C13H20N4. The van der Waals surface area contributed by atoms with Crippen LogP contribution in [0.3, 0.4) is 0 Å². The third-order valence-corrected chi connectivity index (χ3v) is 3.92. The monoisotopic (exact) mass is 232 g/mol. The summed E-state index contributed by atoms with van der Waals surface area (Å²) < 4.78 is 0. The number of amidine groups is 1. The Balaban J connectivity index is 1.70. The number of hydrogen-bond acceptors (Lipinski definition) is 3. The highest BCUT2D eigenvalue weighted by Gasteiger charge is 2.47. The van der Waals surface area contributed by atoms with E-state index in [1.54, 1.807) is 0 Å². The summed E-state index contributed by atoms with van der Waals surface area (Å²) in [5, 5.41) is 3.61. The van der Waals surface area contributed by atoms with Crippen LogP contribution in [0.4, 0.5) is 0 Å². The molecule has 3 aliphatic heterocycles. The topological polar surface area (TPSA) is 53.4 Å². The molecule has 0 aromatic carbocycles. The minimum Gasteiger partial charge on any atom is -0.388 e. The van der Waals surface area contributed by atoms with Gasteiger partial charge in [0.2, 0.25) is 0 Å². The number of allylic oxidation sites excluding steroid dienone is 1. The smallest absolute Gasteiger partial charge is 0.0905 e. The number of nitrogens with zero attached hydrogens (tertiary/aromatic N) is 2. The Kier molecular flexibility index (Phi) is 2.47. The van der Waals surface area contributed by atoms with E-state index in [0.29, 0.717) is 24.0 Å². The second-order valence-electron chi connectivity index (χ2n) is 5.19. The van der Waals surface area contributed by atoms with E-state index in [0.717, 1.165) is 13.0 Å². The molecule has 0 bridgehead atoms. The van der Waals surface area contributed by atoms with Gasteiger partial charge in [-0.05, 0) is 25.8 Å². The number of nitrogens with two attached hydrogens (primary N) is 1. The first-order valence-electron chi connectivity index (χ1n) is 6.33. The lowest BCUT2D eigenvalue weighted by Crippen LogP contribution is -2.38. The molecule has 0 saturated carbocycles. The Morgan fingerprint density at radius 1 is 1.59 bits per heavy atom. The fourth-order valence-corrected chi connectivity index (χ4v) is 2.97. The van der Waals surface area contributed by atoms with Gasteiger partial charge in [-0.2, -0.15) is 0 Å². The Labute approximate surface area is 102 Å². The van der Waals surface area contributed by atoms with Gasteiger partial charge in [0.05, 0.1) is 12.0 Å². The molecule has 3 N–H and O–H groups in total. The van der Waals surface area contributed by atoms with Gasteiger partial charge in [0.1, 0.15) is 0 Å². The number of aliphatic imine (C=N–C) groups is 1. The predicted molar refractivity (Wildman–Crippen MR) is 69.5 cm³/mol. The molecule has 3 rings (SSSR count). The van der Waals surface area contributed by atoms with Gasteiger partial charge in [-0.15, -0.1) is 0 Å². The maximum Gasteiger partial charge on any atom is 0.0905 e. The van der Waals surface area contributed by atoms with E-state index in [4.69, 9.17) is 5.73 Å². The molecule has 17 heavy (non-hydrogen) atoms. The maximum atomic E-state index is 5.57. The molecule has 0 spiro atoms. The average Bonchev–Trinajstić information content (AvgIpc) is 2.99. The molecule has 3 heterocycles. The lowest BCUT2D eigenvalue weighted by atomic mass is 9.93. The first-order chi connectivity index (χ1) is 8.16. The number of nitrogens with one attached hydrogen (secondary N) is 1. The molecule has 4 unspecified atom stereocenters. The van der Waals surface area contributed by atoms with Gasteiger partial charge in [-0.3, -0.25) is 9.89 Å². The van der Waals surface area contributed by atoms with E-state index in [1.807, 2.05) is 6.92 Å². The van der Waals surface area contributed by atoms with Gasteiger partial charge in [0.15, 0.2) is 0 Å². The molecule has 3 aliphatic rings. The molecule has 4 atom stereocenters. The molecular weight excluding hydrogens is 212 g/mol. The molecule has 0 radical (unpaired) electrons. The summed E-state index contributed by atoms with van der Waals surface area (Å²) in [6.45, 7) is 6.04. The van der Waals surface area contributed by atoms with Crippen molar-refractivity contribution in [2.45, 2.75) is 32.5 Å². The minimum atomic E-state index is 0.503. The molecule has 4 heteroatoms. The average molecular weight is 232 g/mol. The van der Waals surface area contributed by atoms with E-state index in [-0.39, 0.29) is 0 Å². The third kappa shape index (κ3) is 1.86. The summed E-state index contributed by atoms with van der Waals surface area (Å²) in [6, 6.07) is 0.695. The molecule has 92 valence electrons. The van der Waals surface area contributed by atoms with E-state index in [2.05, 4.69) is 34.3 Å². The van der Waals surface area contributed by atoms with Crippen LogP contribution in [-0.4, -0.2) is 36.0 Å². The van der Waals surface area contributed by atoms with Crippen molar-refractivity contribution in [3.05, 3.63) is 23.4 Å². The highest BCUT2D eigenvalue weighted by molar-refractivity contribution is 5.77. The summed E-state index contributed by atoms with van der Waals surface area (Å²) in [4.78, 5) is 6.80. The third-order valence-electron chi connectivity index (χ3n) is 3.92. The quantitative estimate of drug-likeness (QED) is 0.328. The largest absolute Gasteiger partial charge is 0.388 e. The van der Waals surface area contributed by atoms with Gasteiger partial charge >= 0.3 is 0 Å². The second-order valence-corrected chi connectivity index (χ2v) is 5.19. The van der Waals surface area contributed by atoms with Crippen LogP contribution in [0.25, 0.3) is 0 Å². The van der Waals surface area contributed by atoms with E-state index < -0.39 is 0 Å². The van der Waals surface area contributed by atoms with Crippen molar-refractivity contribution in [2.24, 2.45) is 16.6 Å². The molecule has 0 aliphatic carbocycles. The molecule has 0 aromatic heterocycles. The highest BCUT2D eigenvalue weighted by atomic mass is 15.4. The van der Waals surface area contributed by atoms with Crippen LogP contribution in [0.15, 0.2) is 28.4 Å². The summed E-state index contributed by atoms with van der Waals surface area (Å²) in [7, 11) is 0. The zero-order chi connectivity index (χ0) is 12.0. The normalized spacial score (nSPS) is 38.8. The SMILES string of the molecule is CC(N)=NCCC1=C(C)NC2C1C=CC1CN12. The van der Waals surface area contributed by atoms with Crippen molar-refractivity contribution in [1.29, 1.82) is 0 Å². The summed E-state index contributed by atoms with van der Waals surface area (Å²) >= 11 is 0. The van der Waals surface area contributed by atoms with Crippen LogP contribution >= 0.6 is 0 Å². The Morgan fingerprint density at radius 2 is 2.41 bits per heavy atom. The zero-order valence-electron chi connectivity index (χ0n) is 10.5.